The van der Waals surface area contributed by atoms with Gasteiger partial charge in [-0.05, 0) is 29.8 Å². The minimum atomic E-state index is -2.83. The number of carboxylic acid groups (broad SMARTS) is 1. The van der Waals surface area contributed by atoms with E-state index in [2.05, 4.69) is 5.32 Å². The predicted octanol–water partition coefficient (Wildman–Crippen LogP) is 2.47. The van der Waals surface area contributed by atoms with Crippen molar-refractivity contribution in [3.05, 3.63) is 53.3 Å². The van der Waals surface area contributed by atoms with Crippen molar-refractivity contribution in [3.8, 4) is 5.75 Å². The summed E-state index contributed by atoms with van der Waals surface area (Å²) in [7, 11) is 2.83. The second-order valence-electron chi connectivity index (χ2n) is 5.03. The first-order valence-corrected chi connectivity index (χ1v) is 6.97. The summed E-state index contributed by atoms with van der Waals surface area (Å²) in [6.07, 6.45) is -2.83. The van der Waals surface area contributed by atoms with E-state index in [-0.39, 0.29) is 17.0 Å². The van der Waals surface area contributed by atoms with Crippen molar-refractivity contribution in [1.82, 2.24) is 9.88 Å². The number of methoxy groups -OCH3 is 1. The zero-order valence-corrected chi connectivity index (χ0v) is 13.0. The fraction of sp³-hybridized carbons (Fsp3) is 0.250. The van der Waals surface area contributed by atoms with Gasteiger partial charge in [0.05, 0.1) is 7.11 Å². The van der Waals surface area contributed by atoms with Gasteiger partial charge in [0.1, 0.15) is 23.2 Å². The number of ether oxygens (including phenoxy) is 1. The van der Waals surface area contributed by atoms with Gasteiger partial charge in [0, 0.05) is 7.05 Å². The molecule has 1 aromatic heterocycles. The number of aromatic nitrogens is 1. The average molecular weight is 338 g/mol. The number of hydrogen-bond acceptors (Lipinski definition) is 3. The van der Waals surface area contributed by atoms with Crippen LogP contribution in [0.1, 0.15) is 32.6 Å². The van der Waals surface area contributed by atoms with Crippen LogP contribution in [0, 0.1) is 0 Å². The second kappa shape index (κ2) is 7.12. The maximum atomic E-state index is 13.3. The second-order valence-corrected chi connectivity index (χ2v) is 5.03. The van der Waals surface area contributed by atoms with Crippen LogP contribution in [-0.2, 0) is 7.05 Å². The Hall–Kier alpha value is -2.90. The summed E-state index contributed by atoms with van der Waals surface area (Å²) >= 11 is 0. The van der Waals surface area contributed by atoms with E-state index in [1.54, 1.807) is 0 Å². The molecule has 0 saturated heterocycles. The van der Waals surface area contributed by atoms with Crippen molar-refractivity contribution < 1.29 is 28.2 Å². The Morgan fingerprint density at radius 3 is 2.17 bits per heavy atom. The van der Waals surface area contributed by atoms with Crippen LogP contribution in [-0.4, -0.2) is 35.1 Å². The van der Waals surface area contributed by atoms with E-state index in [4.69, 9.17) is 9.84 Å². The molecule has 0 unspecified atom stereocenters. The normalized spacial score (nSPS) is 12.0. The summed E-state index contributed by atoms with van der Waals surface area (Å²) < 4.78 is 32.8. The molecule has 0 saturated carbocycles. The van der Waals surface area contributed by atoms with E-state index in [1.807, 2.05) is 0 Å². The van der Waals surface area contributed by atoms with Crippen LogP contribution >= 0.6 is 0 Å². The number of alkyl halides is 2. The Bertz CT molecular complexity index is 741. The number of nitrogens with one attached hydrogen (secondary N) is 1. The first kappa shape index (κ1) is 17.5. The van der Waals surface area contributed by atoms with Gasteiger partial charge in [-0.1, -0.05) is 12.1 Å². The molecule has 1 heterocycles. The SMILES string of the molecule is COc1ccc([C@H](NC(=O)c2ccc(C(=O)O)n2C)C(F)F)cc1. The standard InChI is InChI=1S/C16H16F2N2O4/c1-20-11(7-8-12(20)16(22)23)15(21)19-13(14(17)18)9-3-5-10(24-2)6-4-9/h3-8,13-14H,1-2H3,(H,19,21)(H,22,23)/t13-/m0/s1. The van der Waals surface area contributed by atoms with Crippen molar-refractivity contribution in [3.63, 3.8) is 0 Å². The van der Waals surface area contributed by atoms with E-state index in [1.165, 1.54) is 50.6 Å². The minimum Gasteiger partial charge on any atom is -0.497 e. The number of carbonyl (C=O) groups excluding carboxylic acids is 1. The summed E-state index contributed by atoms with van der Waals surface area (Å²) in [5, 5.41) is 11.2. The Morgan fingerprint density at radius 2 is 1.71 bits per heavy atom. The van der Waals surface area contributed by atoms with E-state index >= 15 is 0 Å². The number of nitrogens with zero attached hydrogens (tertiary/aromatic N) is 1. The summed E-state index contributed by atoms with van der Waals surface area (Å²) in [4.78, 5) is 23.2. The maximum Gasteiger partial charge on any atom is 0.352 e. The largest absolute Gasteiger partial charge is 0.497 e. The van der Waals surface area contributed by atoms with Crippen molar-refractivity contribution in [1.29, 1.82) is 0 Å². The monoisotopic (exact) mass is 338 g/mol. The van der Waals surface area contributed by atoms with Crippen LogP contribution in [0.2, 0.25) is 0 Å². The topological polar surface area (TPSA) is 80.6 Å². The average Bonchev–Trinajstić information content (AvgIpc) is 2.94. The zero-order valence-electron chi connectivity index (χ0n) is 13.0. The van der Waals surface area contributed by atoms with Gasteiger partial charge in [0.2, 0.25) is 0 Å². The highest BCUT2D eigenvalue weighted by Crippen LogP contribution is 2.23. The Balaban J connectivity index is 2.24. The molecule has 0 aliphatic carbocycles. The van der Waals surface area contributed by atoms with Crippen LogP contribution < -0.4 is 10.1 Å². The minimum absolute atomic E-state index is 0.0217. The van der Waals surface area contributed by atoms with E-state index in [0.717, 1.165) is 4.57 Å². The molecule has 128 valence electrons. The smallest absolute Gasteiger partial charge is 0.352 e. The molecule has 2 aromatic rings. The molecule has 2 N–H and O–H groups in total. The maximum absolute atomic E-state index is 13.3. The molecule has 1 amide bonds. The summed E-state index contributed by atoms with van der Waals surface area (Å²) in [5.74, 6) is -1.49. The Morgan fingerprint density at radius 1 is 1.12 bits per heavy atom. The Labute approximate surface area is 136 Å². The number of halogens is 2. The summed E-state index contributed by atoms with van der Waals surface area (Å²) in [5.41, 5.74) is 0.0802. The van der Waals surface area contributed by atoms with Crippen molar-refractivity contribution in [2.45, 2.75) is 12.5 Å². The van der Waals surface area contributed by atoms with E-state index < -0.39 is 24.3 Å². The lowest BCUT2D eigenvalue weighted by Crippen LogP contribution is -2.34. The summed E-state index contributed by atoms with van der Waals surface area (Å²) in [6.45, 7) is 0. The molecular formula is C16H16F2N2O4. The fourth-order valence-electron chi connectivity index (χ4n) is 2.27. The number of hydrogen-bond donors (Lipinski definition) is 2. The zero-order chi connectivity index (χ0) is 17.9. The number of carbonyl (C=O) groups is 2. The first-order valence-electron chi connectivity index (χ1n) is 6.97. The molecule has 0 radical (unpaired) electrons. The molecule has 0 aliphatic rings. The molecule has 1 atom stereocenters. The van der Waals surface area contributed by atoms with Crippen LogP contribution in [0.5, 0.6) is 5.75 Å². The fourth-order valence-corrected chi connectivity index (χ4v) is 2.27. The van der Waals surface area contributed by atoms with Crippen LogP contribution in [0.15, 0.2) is 36.4 Å². The third-order valence-corrected chi connectivity index (χ3v) is 3.59. The third kappa shape index (κ3) is 3.53. The molecule has 0 bridgehead atoms. The first-order chi connectivity index (χ1) is 11.3. The number of amides is 1. The van der Waals surface area contributed by atoms with Gasteiger partial charge in [0.25, 0.3) is 12.3 Å². The lowest BCUT2D eigenvalue weighted by Gasteiger charge is -2.19. The van der Waals surface area contributed by atoms with Crippen molar-refractivity contribution in [2.75, 3.05) is 7.11 Å². The number of rotatable bonds is 6. The number of aromatic carboxylic acids is 1. The van der Waals surface area contributed by atoms with Gasteiger partial charge in [-0.2, -0.15) is 0 Å². The molecule has 8 heteroatoms. The third-order valence-electron chi connectivity index (χ3n) is 3.59. The molecule has 6 nitrogen and oxygen atoms in total. The van der Waals surface area contributed by atoms with Crippen LogP contribution in [0.3, 0.4) is 0 Å². The van der Waals surface area contributed by atoms with Gasteiger partial charge in [0.15, 0.2) is 0 Å². The van der Waals surface area contributed by atoms with Gasteiger partial charge in [-0.15, -0.1) is 0 Å². The molecule has 24 heavy (non-hydrogen) atoms. The van der Waals surface area contributed by atoms with Gasteiger partial charge in [-0.3, -0.25) is 4.79 Å². The predicted molar refractivity (Wildman–Crippen MR) is 81.6 cm³/mol. The highest BCUT2D eigenvalue weighted by Gasteiger charge is 2.26. The highest BCUT2D eigenvalue weighted by molar-refractivity contribution is 5.96. The van der Waals surface area contributed by atoms with E-state index in [0.29, 0.717) is 5.75 Å². The molecule has 0 fully saturated rings. The lowest BCUT2D eigenvalue weighted by molar-refractivity contribution is 0.0684. The van der Waals surface area contributed by atoms with Crippen LogP contribution in [0.25, 0.3) is 0 Å². The van der Waals surface area contributed by atoms with Crippen LogP contribution in [0.4, 0.5) is 8.78 Å². The molecule has 2 rings (SSSR count). The van der Waals surface area contributed by atoms with Gasteiger partial charge < -0.3 is 19.7 Å². The van der Waals surface area contributed by atoms with Gasteiger partial charge in [-0.25, -0.2) is 13.6 Å². The Kier molecular flexibility index (Phi) is 5.18. The number of benzene rings is 1. The molecule has 0 aliphatic heterocycles. The van der Waals surface area contributed by atoms with Crippen molar-refractivity contribution in [2.24, 2.45) is 7.05 Å². The van der Waals surface area contributed by atoms with Crippen molar-refractivity contribution >= 4 is 11.9 Å². The molecular weight excluding hydrogens is 322 g/mol. The summed E-state index contributed by atoms with van der Waals surface area (Å²) in [6, 6.07) is 6.89. The van der Waals surface area contributed by atoms with E-state index in [9.17, 15) is 18.4 Å². The molecule has 0 spiro atoms. The highest BCUT2D eigenvalue weighted by atomic mass is 19.3. The lowest BCUT2D eigenvalue weighted by atomic mass is 10.1. The van der Waals surface area contributed by atoms with Gasteiger partial charge >= 0.3 is 5.97 Å². The number of carboxylic acids is 1. The molecule has 1 aromatic carbocycles. The quantitative estimate of drug-likeness (QED) is 0.848.